The number of aryl methyl sites for hydroxylation is 1. The van der Waals surface area contributed by atoms with Gasteiger partial charge in [-0.1, -0.05) is 24.3 Å². The number of aromatic amines is 1. The average molecular weight is 258 g/mol. The van der Waals surface area contributed by atoms with Crippen molar-refractivity contribution in [3.05, 3.63) is 52.8 Å². The summed E-state index contributed by atoms with van der Waals surface area (Å²) in [6, 6.07) is 7.95. The molecule has 19 heavy (non-hydrogen) atoms. The summed E-state index contributed by atoms with van der Waals surface area (Å²) in [5, 5.41) is 6.64. The molecule has 0 bridgehead atoms. The fourth-order valence-electron chi connectivity index (χ4n) is 1.97. The molecule has 0 saturated heterocycles. The van der Waals surface area contributed by atoms with Crippen LogP contribution in [0.5, 0.6) is 0 Å². The maximum absolute atomic E-state index is 12.2. The lowest BCUT2D eigenvalue weighted by Crippen LogP contribution is -2.26. The maximum atomic E-state index is 12.2. The molecule has 0 aliphatic carbocycles. The summed E-state index contributed by atoms with van der Waals surface area (Å²) in [7, 11) is 1.78. The third-order valence-corrected chi connectivity index (χ3v) is 3.05. The predicted octanol–water partition coefficient (Wildman–Crippen LogP) is 1.45. The van der Waals surface area contributed by atoms with Crippen LogP contribution in [0.2, 0.25) is 0 Å². The molecule has 5 heteroatoms. The smallest absolute Gasteiger partial charge is 0.257 e. The Morgan fingerprint density at radius 3 is 2.79 bits per heavy atom. The summed E-state index contributed by atoms with van der Waals surface area (Å²) in [5.74, 6) is -0.0376. The summed E-state index contributed by atoms with van der Waals surface area (Å²) >= 11 is 0. The van der Waals surface area contributed by atoms with Crippen molar-refractivity contribution in [3.63, 3.8) is 0 Å². The first kappa shape index (κ1) is 13.3. The number of hydrogen-bond donors (Lipinski definition) is 2. The van der Waals surface area contributed by atoms with Crippen molar-refractivity contribution in [2.24, 2.45) is 5.73 Å². The Morgan fingerprint density at radius 2 is 2.16 bits per heavy atom. The molecular formula is C14H18N4O. The highest BCUT2D eigenvalue weighted by Crippen LogP contribution is 2.11. The Bertz CT molecular complexity index is 576. The molecule has 0 aliphatic heterocycles. The van der Waals surface area contributed by atoms with Crippen molar-refractivity contribution in [1.29, 1.82) is 0 Å². The monoisotopic (exact) mass is 258 g/mol. The molecule has 0 aliphatic rings. The summed E-state index contributed by atoms with van der Waals surface area (Å²) < 4.78 is 0. The van der Waals surface area contributed by atoms with Crippen molar-refractivity contribution in [2.45, 2.75) is 20.0 Å². The van der Waals surface area contributed by atoms with Gasteiger partial charge in [-0.05, 0) is 18.1 Å². The Hall–Kier alpha value is -2.14. The third-order valence-electron chi connectivity index (χ3n) is 3.05. The molecule has 0 saturated carbocycles. The molecule has 0 atom stereocenters. The molecule has 5 nitrogen and oxygen atoms in total. The van der Waals surface area contributed by atoms with Crippen molar-refractivity contribution in [3.8, 4) is 0 Å². The van der Waals surface area contributed by atoms with Crippen molar-refractivity contribution >= 4 is 5.91 Å². The van der Waals surface area contributed by atoms with Crippen molar-refractivity contribution in [1.82, 2.24) is 15.1 Å². The minimum Gasteiger partial charge on any atom is -0.337 e. The number of carbonyl (C=O) groups excluding carboxylic acids is 1. The summed E-state index contributed by atoms with van der Waals surface area (Å²) in [4.78, 5) is 13.9. The Labute approximate surface area is 112 Å². The second kappa shape index (κ2) is 5.67. The van der Waals surface area contributed by atoms with Crippen molar-refractivity contribution < 1.29 is 4.79 Å². The van der Waals surface area contributed by atoms with Crippen LogP contribution in [0.15, 0.2) is 30.5 Å². The first-order valence-corrected chi connectivity index (χ1v) is 6.15. The highest BCUT2D eigenvalue weighted by Gasteiger charge is 2.15. The van der Waals surface area contributed by atoms with Gasteiger partial charge in [0.25, 0.3) is 5.91 Å². The second-order valence-corrected chi connectivity index (χ2v) is 4.59. The van der Waals surface area contributed by atoms with Crippen molar-refractivity contribution in [2.75, 3.05) is 7.05 Å². The molecule has 0 fully saturated rings. The fourth-order valence-corrected chi connectivity index (χ4v) is 1.97. The van der Waals surface area contributed by atoms with Gasteiger partial charge in [0.05, 0.1) is 11.8 Å². The number of rotatable bonds is 4. The lowest BCUT2D eigenvalue weighted by molar-refractivity contribution is 0.0784. The lowest BCUT2D eigenvalue weighted by Gasteiger charge is -2.17. The molecular weight excluding hydrogens is 240 g/mol. The molecule has 2 rings (SSSR count). The van der Waals surface area contributed by atoms with Crippen LogP contribution in [0.3, 0.4) is 0 Å². The highest BCUT2D eigenvalue weighted by atomic mass is 16.2. The summed E-state index contributed by atoms with van der Waals surface area (Å²) in [6.07, 6.45) is 1.56. The lowest BCUT2D eigenvalue weighted by atomic mass is 10.1. The molecule has 1 aromatic carbocycles. The van der Waals surface area contributed by atoms with E-state index in [1.165, 1.54) is 0 Å². The van der Waals surface area contributed by atoms with Gasteiger partial charge in [0.2, 0.25) is 0 Å². The largest absolute Gasteiger partial charge is 0.337 e. The van der Waals surface area contributed by atoms with E-state index in [4.69, 9.17) is 5.73 Å². The molecule has 1 heterocycles. The first-order valence-electron chi connectivity index (χ1n) is 6.15. The zero-order valence-corrected chi connectivity index (χ0v) is 11.2. The average Bonchev–Trinajstić information content (AvgIpc) is 2.84. The molecule has 1 aromatic heterocycles. The molecule has 0 radical (unpaired) electrons. The van der Waals surface area contributed by atoms with E-state index in [1.807, 2.05) is 31.2 Å². The number of amides is 1. The maximum Gasteiger partial charge on any atom is 0.257 e. The number of carbonyl (C=O) groups is 1. The van der Waals surface area contributed by atoms with E-state index >= 15 is 0 Å². The third kappa shape index (κ3) is 3.00. The van der Waals surface area contributed by atoms with Crippen LogP contribution in [-0.2, 0) is 13.1 Å². The Balaban J connectivity index is 2.10. The van der Waals surface area contributed by atoms with Crippen LogP contribution in [0, 0.1) is 6.92 Å². The van der Waals surface area contributed by atoms with Gasteiger partial charge in [-0.3, -0.25) is 9.89 Å². The van der Waals surface area contributed by atoms with E-state index in [0.29, 0.717) is 18.7 Å². The van der Waals surface area contributed by atoms with Crippen LogP contribution in [0.25, 0.3) is 0 Å². The zero-order valence-electron chi connectivity index (χ0n) is 11.2. The van der Waals surface area contributed by atoms with Crippen LogP contribution >= 0.6 is 0 Å². The summed E-state index contributed by atoms with van der Waals surface area (Å²) in [5.41, 5.74) is 9.14. The quantitative estimate of drug-likeness (QED) is 0.871. The van der Waals surface area contributed by atoms with Crippen LogP contribution < -0.4 is 5.73 Å². The van der Waals surface area contributed by atoms with Crippen LogP contribution in [0.4, 0.5) is 0 Å². The molecule has 1 amide bonds. The van der Waals surface area contributed by atoms with E-state index in [0.717, 1.165) is 16.8 Å². The van der Waals surface area contributed by atoms with Gasteiger partial charge < -0.3 is 10.6 Å². The SMILES string of the molecule is Cc1[nH]ncc1C(=O)N(C)Cc1cccc(CN)c1. The molecule has 0 unspecified atom stereocenters. The summed E-state index contributed by atoms with van der Waals surface area (Å²) in [6.45, 7) is 2.90. The normalized spacial score (nSPS) is 10.5. The van der Waals surface area contributed by atoms with Gasteiger partial charge in [-0.15, -0.1) is 0 Å². The molecule has 100 valence electrons. The number of nitrogens with one attached hydrogen (secondary N) is 1. The number of benzene rings is 1. The number of H-pyrrole nitrogens is 1. The molecule has 3 N–H and O–H groups in total. The number of nitrogens with zero attached hydrogens (tertiary/aromatic N) is 2. The van der Waals surface area contributed by atoms with Gasteiger partial charge >= 0.3 is 0 Å². The van der Waals surface area contributed by atoms with E-state index in [9.17, 15) is 4.79 Å². The van der Waals surface area contributed by atoms with E-state index in [2.05, 4.69) is 10.2 Å². The minimum absolute atomic E-state index is 0.0376. The van der Waals surface area contributed by atoms with E-state index in [1.54, 1.807) is 18.1 Å². The number of nitrogens with two attached hydrogens (primary N) is 1. The highest BCUT2D eigenvalue weighted by molar-refractivity contribution is 5.94. The molecule has 2 aromatic rings. The van der Waals surface area contributed by atoms with E-state index in [-0.39, 0.29) is 5.91 Å². The van der Waals surface area contributed by atoms with Crippen LogP contribution in [-0.4, -0.2) is 28.1 Å². The Morgan fingerprint density at radius 1 is 1.42 bits per heavy atom. The van der Waals surface area contributed by atoms with E-state index < -0.39 is 0 Å². The zero-order chi connectivity index (χ0) is 13.8. The first-order chi connectivity index (χ1) is 9.11. The minimum atomic E-state index is -0.0376. The van der Waals surface area contributed by atoms with Gasteiger partial charge in [0.15, 0.2) is 0 Å². The fraction of sp³-hybridized carbons (Fsp3) is 0.286. The second-order valence-electron chi connectivity index (χ2n) is 4.59. The predicted molar refractivity (Wildman–Crippen MR) is 73.5 cm³/mol. The topological polar surface area (TPSA) is 75.0 Å². The number of aromatic nitrogens is 2. The van der Waals surface area contributed by atoms with Gasteiger partial charge in [-0.25, -0.2) is 0 Å². The standard InChI is InChI=1S/C14H18N4O/c1-10-13(8-16-17-10)14(19)18(2)9-12-5-3-4-11(6-12)7-15/h3-6,8H,7,9,15H2,1-2H3,(H,16,17). The van der Waals surface area contributed by atoms with Gasteiger partial charge in [0.1, 0.15) is 0 Å². The van der Waals surface area contributed by atoms with Crippen LogP contribution in [0.1, 0.15) is 27.2 Å². The van der Waals surface area contributed by atoms with Gasteiger partial charge in [0, 0.05) is 25.8 Å². The van der Waals surface area contributed by atoms with Gasteiger partial charge in [-0.2, -0.15) is 5.10 Å². The number of hydrogen-bond acceptors (Lipinski definition) is 3. The molecule has 0 spiro atoms. The Kier molecular flexibility index (Phi) is 3.97.